The molecular formula is C13H22N2O2. The van der Waals surface area contributed by atoms with E-state index in [1.54, 1.807) is 18.0 Å². The van der Waals surface area contributed by atoms with Gasteiger partial charge in [-0.3, -0.25) is 4.68 Å². The van der Waals surface area contributed by atoms with Crippen molar-refractivity contribution in [1.29, 1.82) is 0 Å². The van der Waals surface area contributed by atoms with E-state index in [0.717, 1.165) is 18.5 Å². The third-order valence-electron chi connectivity index (χ3n) is 4.36. The molecular weight excluding hydrogens is 216 g/mol. The zero-order valence-corrected chi connectivity index (χ0v) is 11.1. The summed E-state index contributed by atoms with van der Waals surface area (Å²) in [5.74, 6) is 1.44. The molecule has 0 aliphatic heterocycles. The largest absolute Gasteiger partial charge is 0.493 e. The van der Waals surface area contributed by atoms with Crippen LogP contribution in [0, 0.1) is 11.8 Å². The minimum Gasteiger partial charge on any atom is -0.493 e. The van der Waals surface area contributed by atoms with Gasteiger partial charge in [-0.15, -0.1) is 0 Å². The first-order valence-electron chi connectivity index (χ1n) is 6.29. The van der Waals surface area contributed by atoms with Crippen LogP contribution in [0.5, 0.6) is 5.75 Å². The molecule has 1 aliphatic carbocycles. The van der Waals surface area contributed by atoms with Crippen LogP contribution in [-0.4, -0.2) is 22.0 Å². The topological polar surface area (TPSA) is 47.3 Å². The van der Waals surface area contributed by atoms with Crippen molar-refractivity contribution < 1.29 is 9.84 Å². The highest BCUT2D eigenvalue weighted by atomic mass is 16.5. The maximum atomic E-state index is 11.0. The molecule has 1 aliphatic rings. The van der Waals surface area contributed by atoms with E-state index in [0.29, 0.717) is 11.7 Å². The molecule has 0 bridgehead atoms. The number of ether oxygens (including phenoxy) is 1. The van der Waals surface area contributed by atoms with Gasteiger partial charge in [0.05, 0.1) is 13.3 Å². The number of aromatic nitrogens is 2. The Balaban J connectivity index is 2.45. The number of hydrogen-bond donors (Lipinski definition) is 1. The fraction of sp³-hybridized carbons (Fsp3) is 0.769. The summed E-state index contributed by atoms with van der Waals surface area (Å²) in [5, 5.41) is 15.2. The summed E-state index contributed by atoms with van der Waals surface area (Å²) < 4.78 is 7.07. The molecule has 0 saturated heterocycles. The van der Waals surface area contributed by atoms with Gasteiger partial charge >= 0.3 is 0 Å². The Morgan fingerprint density at radius 2 is 2.24 bits per heavy atom. The molecule has 4 heteroatoms. The number of hydrogen-bond acceptors (Lipinski definition) is 3. The van der Waals surface area contributed by atoms with Crippen LogP contribution >= 0.6 is 0 Å². The Morgan fingerprint density at radius 3 is 2.88 bits per heavy atom. The smallest absolute Gasteiger partial charge is 0.162 e. The summed E-state index contributed by atoms with van der Waals surface area (Å²) in [6.45, 7) is 4.33. The molecule has 1 aromatic rings. The first kappa shape index (κ1) is 12.4. The van der Waals surface area contributed by atoms with Crippen LogP contribution in [0.1, 0.15) is 38.8 Å². The predicted octanol–water partition coefficient (Wildman–Crippen LogP) is 2.07. The maximum Gasteiger partial charge on any atom is 0.162 e. The van der Waals surface area contributed by atoms with Crippen LogP contribution < -0.4 is 4.74 Å². The Morgan fingerprint density at radius 1 is 1.53 bits per heavy atom. The molecule has 1 aromatic heterocycles. The lowest BCUT2D eigenvalue weighted by molar-refractivity contribution is -0.0760. The van der Waals surface area contributed by atoms with Gasteiger partial charge in [0.25, 0.3) is 0 Å². The SMILES string of the molecule is COc1cnn(C)c1C1(O)CCCC(C)C1C. The maximum absolute atomic E-state index is 11.0. The van der Waals surface area contributed by atoms with Crippen molar-refractivity contribution in [1.82, 2.24) is 9.78 Å². The average Bonchev–Trinajstić information content (AvgIpc) is 2.68. The number of aryl methyl sites for hydroxylation is 1. The molecule has 1 fully saturated rings. The summed E-state index contributed by atoms with van der Waals surface area (Å²) in [6, 6.07) is 0. The highest BCUT2D eigenvalue weighted by Gasteiger charge is 2.45. The lowest BCUT2D eigenvalue weighted by Gasteiger charge is -2.42. The Kier molecular flexibility index (Phi) is 3.17. The molecule has 1 heterocycles. The van der Waals surface area contributed by atoms with Crippen molar-refractivity contribution in [2.75, 3.05) is 7.11 Å². The van der Waals surface area contributed by atoms with Gasteiger partial charge in [0.15, 0.2) is 5.75 Å². The van der Waals surface area contributed by atoms with E-state index >= 15 is 0 Å². The summed E-state index contributed by atoms with van der Waals surface area (Å²) in [5.41, 5.74) is 0.00731. The van der Waals surface area contributed by atoms with Gasteiger partial charge in [0, 0.05) is 7.05 Å². The van der Waals surface area contributed by atoms with Gasteiger partial charge < -0.3 is 9.84 Å². The number of nitrogens with zero attached hydrogens (tertiary/aromatic N) is 2. The summed E-state index contributed by atoms with van der Waals surface area (Å²) in [6.07, 6.45) is 4.70. The number of methoxy groups -OCH3 is 1. The normalized spacial score (nSPS) is 33.7. The number of rotatable bonds is 2. The van der Waals surface area contributed by atoms with Crippen LogP contribution in [0.2, 0.25) is 0 Å². The minimum absolute atomic E-state index is 0.223. The first-order valence-corrected chi connectivity index (χ1v) is 6.29. The molecule has 2 rings (SSSR count). The van der Waals surface area contributed by atoms with Crippen molar-refractivity contribution in [3.05, 3.63) is 11.9 Å². The summed E-state index contributed by atoms with van der Waals surface area (Å²) in [7, 11) is 3.49. The average molecular weight is 238 g/mol. The second kappa shape index (κ2) is 4.33. The van der Waals surface area contributed by atoms with E-state index in [-0.39, 0.29) is 5.92 Å². The van der Waals surface area contributed by atoms with Crippen LogP contribution in [0.4, 0.5) is 0 Å². The lowest BCUT2D eigenvalue weighted by atomic mass is 9.69. The van der Waals surface area contributed by atoms with Gasteiger partial charge in [0.1, 0.15) is 11.3 Å². The molecule has 96 valence electrons. The molecule has 3 unspecified atom stereocenters. The van der Waals surface area contributed by atoms with Crippen LogP contribution in [0.25, 0.3) is 0 Å². The van der Waals surface area contributed by atoms with Crippen molar-refractivity contribution in [3.8, 4) is 5.75 Å². The van der Waals surface area contributed by atoms with Crippen molar-refractivity contribution >= 4 is 0 Å². The van der Waals surface area contributed by atoms with E-state index in [9.17, 15) is 5.11 Å². The molecule has 4 nitrogen and oxygen atoms in total. The summed E-state index contributed by atoms with van der Waals surface area (Å²) in [4.78, 5) is 0. The van der Waals surface area contributed by atoms with Gasteiger partial charge in [-0.05, 0) is 24.7 Å². The monoisotopic (exact) mass is 238 g/mol. The number of aliphatic hydroxyl groups is 1. The molecule has 0 radical (unpaired) electrons. The van der Waals surface area contributed by atoms with Crippen molar-refractivity contribution in [3.63, 3.8) is 0 Å². The van der Waals surface area contributed by atoms with Crippen LogP contribution in [0.3, 0.4) is 0 Å². The second-order valence-electron chi connectivity index (χ2n) is 5.27. The molecule has 17 heavy (non-hydrogen) atoms. The fourth-order valence-corrected chi connectivity index (χ4v) is 3.04. The molecule has 0 aromatic carbocycles. The first-order chi connectivity index (χ1) is 8.00. The van der Waals surface area contributed by atoms with Gasteiger partial charge in [-0.25, -0.2) is 0 Å². The molecule has 1 saturated carbocycles. The Hall–Kier alpha value is -1.03. The summed E-state index contributed by atoms with van der Waals surface area (Å²) >= 11 is 0. The zero-order chi connectivity index (χ0) is 12.6. The molecule has 3 atom stereocenters. The highest BCUT2D eigenvalue weighted by molar-refractivity contribution is 5.31. The van der Waals surface area contributed by atoms with E-state index in [2.05, 4.69) is 18.9 Å². The third-order valence-corrected chi connectivity index (χ3v) is 4.36. The van der Waals surface area contributed by atoms with E-state index in [1.165, 1.54) is 6.42 Å². The van der Waals surface area contributed by atoms with E-state index in [1.807, 2.05) is 7.05 Å². The predicted molar refractivity (Wildman–Crippen MR) is 65.8 cm³/mol. The third kappa shape index (κ3) is 1.84. The highest BCUT2D eigenvalue weighted by Crippen LogP contribution is 2.46. The molecule has 0 spiro atoms. The Bertz CT molecular complexity index is 402. The van der Waals surface area contributed by atoms with Gasteiger partial charge in [0.2, 0.25) is 0 Å². The molecule has 1 N–H and O–H groups in total. The Labute approximate surface area is 103 Å². The van der Waals surface area contributed by atoms with Crippen LogP contribution in [0.15, 0.2) is 6.20 Å². The minimum atomic E-state index is -0.811. The zero-order valence-electron chi connectivity index (χ0n) is 11.1. The lowest BCUT2D eigenvalue weighted by Crippen LogP contribution is -2.42. The standard InChI is InChI=1S/C13H22N2O2/c1-9-6-5-7-13(16,10(9)2)12-11(17-4)8-14-15(12)3/h8-10,16H,5-7H2,1-4H3. The van der Waals surface area contributed by atoms with E-state index < -0.39 is 5.60 Å². The van der Waals surface area contributed by atoms with E-state index in [4.69, 9.17) is 4.74 Å². The van der Waals surface area contributed by atoms with Crippen molar-refractivity contribution in [2.24, 2.45) is 18.9 Å². The van der Waals surface area contributed by atoms with Gasteiger partial charge in [-0.1, -0.05) is 20.3 Å². The van der Waals surface area contributed by atoms with Crippen molar-refractivity contribution in [2.45, 2.75) is 38.7 Å². The van der Waals surface area contributed by atoms with Gasteiger partial charge in [-0.2, -0.15) is 5.10 Å². The second-order valence-corrected chi connectivity index (χ2v) is 5.27. The van der Waals surface area contributed by atoms with Crippen LogP contribution in [-0.2, 0) is 12.6 Å². The quantitative estimate of drug-likeness (QED) is 0.858. The molecule has 0 amide bonds. The fourth-order valence-electron chi connectivity index (χ4n) is 3.04.